The minimum absolute atomic E-state index is 0.168. The summed E-state index contributed by atoms with van der Waals surface area (Å²) in [5.74, 6) is 0.423. The summed E-state index contributed by atoms with van der Waals surface area (Å²) in [5.41, 5.74) is 5.28. The fourth-order valence-electron chi connectivity index (χ4n) is 3.79. The van der Waals surface area contributed by atoms with Crippen molar-refractivity contribution in [3.8, 4) is 11.5 Å². The number of hydrogen-bond acceptors (Lipinski definition) is 6. The van der Waals surface area contributed by atoms with Crippen molar-refractivity contribution in [3.63, 3.8) is 0 Å². The maximum absolute atomic E-state index is 13.1. The molecule has 0 aromatic heterocycles. The van der Waals surface area contributed by atoms with Crippen LogP contribution >= 0.6 is 39.9 Å². The van der Waals surface area contributed by atoms with E-state index in [1.807, 2.05) is 57.2 Å². The number of carbonyl (C=O) groups is 2. The molecule has 0 atom stereocenters. The molecule has 4 rings (SSSR count). The van der Waals surface area contributed by atoms with Crippen molar-refractivity contribution < 1.29 is 19.1 Å². The van der Waals surface area contributed by atoms with Crippen molar-refractivity contribution in [1.29, 1.82) is 0 Å². The molecule has 1 aliphatic heterocycles. The van der Waals surface area contributed by atoms with Gasteiger partial charge in [-0.25, -0.2) is 0 Å². The fraction of sp³-hybridized carbons (Fsp3) is 0.179. The summed E-state index contributed by atoms with van der Waals surface area (Å²) in [6.45, 7) is 5.70. The molecule has 3 aromatic carbocycles. The minimum Gasteiger partial charge on any atom is -0.493 e. The van der Waals surface area contributed by atoms with Gasteiger partial charge in [0.25, 0.3) is 11.8 Å². The third-order valence-electron chi connectivity index (χ3n) is 5.99. The number of amides is 2. The van der Waals surface area contributed by atoms with E-state index in [2.05, 4.69) is 21.2 Å². The zero-order valence-electron chi connectivity index (χ0n) is 20.8. The molecule has 0 aliphatic carbocycles. The zero-order chi connectivity index (χ0) is 26.7. The molecule has 9 heteroatoms. The average Bonchev–Trinajstić information content (AvgIpc) is 3.16. The van der Waals surface area contributed by atoms with Crippen LogP contribution in [0.5, 0.6) is 11.5 Å². The lowest BCUT2D eigenvalue weighted by Crippen LogP contribution is -2.28. The SMILES string of the molecule is COc1cc(/C=C2/SC(=S)N(c3ccccc3C)C2=O)ccc1OCC(=O)Nc1ccc(Br)c(C)c1C. The van der Waals surface area contributed by atoms with E-state index in [0.29, 0.717) is 20.7 Å². The Morgan fingerprint density at radius 3 is 2.57 bits per heavy atom. The van der Waals surface area contributed by atoms with Crippen LogP contribution < -0.4 is 19.7 Å². The summed E-state index contributed by atoms with van der Waals surface area (Å²) in [6, 6.07) is 16.7. The Kier molecular flexibility index (Phi) is 8.36. The number of ether oxygens (including phenoxy) is 2. The van der Waals surface area contributed by atoms with Crippen LogP contribution in [-0.2, 0) is 9.59 Å². The third kappa shape index (κ3) is 5.89. The topological polar surface area (TPSA) is 67.9 Å². The van der Waals surface area contributed by atoms with Crippen LogP contribution in [0, 0.1) is 20.8 Å². The summed E-state index contributed by atoms with van der Waals surface area (Å²) in [7, 11) is 1.53. The molecule has 0 radical (unpaired) electrons. The first kappa shape index (κ1) is 26.9. The predicted octanol–water partition coefficient (Wildman–Crippen LogP) is 6.81. The Hall–Kier alpha value is -3.14. The van der Waals surface area contributed by atoms with Gasteiger partial charge < -0.3 is 14.8 Å². The van der Waals surface area contributed by atoms with E-state index in [0.717, 1.165) is 38.1 Å². The van der Waals surface area contributed by atoms with Gasteiger partial charge >= 0.3 is 0 Å². The normalized spacial score (nSPS) is 14.3. The minimum atomic E-state index is -0.282. The van der Waals surface area contributed by atoms with Crippen molar-refractivity contribution in [2.24, 2.45) is 0 Å². The summed E-state index contributed by atoms with van der Waals surface area (Å²) in [6.07, 6.45) is 1.77. The molecule has 6 nitrogen and oxygen atoms in total. The van der Waals surface area contributed by atoms with E-state index in [-0.39, 0.29) is 18.4 Å². The molecule has 2 amide bonds. The molecule has 0 spiro atoms. The van der Waals surface area contributed by atoms with Gasteiger partial charge in [0.15, 0.2) is 22.4 Å². The Balaban J connectivity index is 1.46. The summed E-state index contributed by atoms with van der Waals surface area (Å²) in [4.78, 5) is 27.7. The first-order valence-electron chi connectivity index (χ1n) is 11.4. The Bertz CT molecular complexity index is 1440. The van der Waals surface area contributed by atoms with Crippen LogP contribution in [0.3, 0.4) is 0 Å². The maximum atomic E-state index is 13.1. The van der Waals surface area contributed by atoms with Gasteiger partial charge in [-0.1, -0.05) is 64.2 Å². The van der Waals surface area contributed by atoms with Crippen LogP contribution in [0.15, 0.2) is 64.0 Å². The lowest BCUT2D eigenvalue weighted by molar-refractivity contribution is -0.118. The van der Waals surface area contributed by atoms with Gasteiger partial charge in [0, 0.05) is 10.2 Å². The molecule has 1 N–H and O–H groups in total. The number of carbonyl (C=O) groups excluding carboxylic acids is 2. The van der Waals surface area contributed by atoms with Crippen molar-refractivity contribution >= 4 is 73.5 Å². The second-order valence-electron chi connectivity index (χ2n) is 8.40. The predicted molar refractivity (Wildman–Crippen MR) is 158 cm³/mol. The number of thiocarbonyl (C=S) groups is 1. The zero-order valence-corrected chi connectivity index (χ0v) is 24.0. The number of nitrogens with one attached hydrogen (secondary N) is 1. The second kappa shape index (κ2) is 11.5. The molecule has 37 heavy (non-hydrogen) atoms. The molecule has 0 unspecified atom stereocenters. The largest absolute Gasteiger partial charge is 0.493 e. The number of thioether (sulfide) groups is 1. The highest BCUT2D eigenvalue weighted by atomic mass is 79.9. The molecule has 0 saturated carbocycles. The number of para-hydroxylation sites is 1. The molecule has 1 saturated heterocycles. The van der Waals surface area contributed by atoms with Crippen LogP contribution in [0.1, 0.15) is 22.3 Å². The molecule has 1 aliphatic rings. The van der Waals surface area contributed by atoms with Gasteiger partial charge in [-0.15, -0.1) is 0 Å². The summed E-state index contributed by atoms with van der Waals surface area (Å²) in [5, 5.41) is 2.88. The summed E-state index contributed by atoms with van der Waals surface area (Å²) < 4.78 is 12.7. The van der Waals surface area contributed by atoms with E-state index in [4.69, 9.17) is 21.7 Å². The Morgan fingerprint density at radius 1 is 1.08 bits per heavy atom. The third-order valence-corrected chi connectivity index (χ3v) is 8.15. The first-order chi connectivity index (χ1) is 17.7. The highest BCUT2D eigenvalue weighted by Crippen LogP contribution is 2.38. The maximum Gasteiger partial charge on any atom is 0.270 e. The number of aryl methyl sites for hydroxylation is 1. The highest BCUT2D eigenvalue weighted by molar-refractivity contribution is 9.10. The molecular formula is C28H25BrN2O4S2. The monoisotopic (exact) mass is 596 g/mol. The molecule has 1 heterocycles. The lowest BCUT2D eigenvalue weighted by atomic mass is 10.1. The number of nitrogens with zero attached hydrogens (tertiary/aromatic N) is 1. The molecular weight excluding hydrogens is 572 g/mol. The Morgan fingerprint density at radius 2 is 1.84 bits per heavy atom. The lowest BCUT2D eigenvalue weighted by Gasteiger charge is -2.16. The number of anilines is 2. The molecule has 1 fully saturated rings. The first-order valence-corrected chi connectivity index (χ1v) is 13.4. The standard InChI is InChI=1S/C28H25BrN2O4S2/c1-16-7-5-6-8-22(16)31-27(33)25(37-28(31)36)14-19-9-12-23(24(13-19)34-4)35-15-26(32)30-21-11-10-20(29)17(2)18(21)3/h5-14H,15H2,1-4H3,(H,30,32)/b25-14+. The van der Waals surface area contributed by atoms with Crippen LogP contribution in [0.4, 0.5) is 11.4 Å². The molecule has 0 bridgehead atoms. The highest BCUT2D eigenvalue weighted by Gasteiger charge is 2.34. The van der Waals surface area contributed by atoms with Crippen LogP contribution in [0.25, 0.3) is 6.08 Å². The number of rotatable bonds is 7. The van der Waals surface area contributed by atoms with E-state index < -0.39 is 0 Å². The van der Waals surface area contributed by atoms with Gasteiger partial charge in [0.2, 0.25) is 0 Å². The van der Waals surface area contributed by atoms with Crippen molar-refractivity contribution in [1.82, 2.24) is 0 Å². The molecule has 190 valence electrons. The number of halogens is 1. The van der Waals surface area contributed by atoms with Crippen LogP contribution in [-0.4, -0.2) is 29.9 Å². The van der Waals surface area contributed by atoms with E-state index >= 15 is 0 Å². The van der Waals surface area contributed by atoms with Gasteiger partial charge in [-0.2, -0.15) is 0 Å². The number of hydrogen-bond donors (Lipinski definition) is 1. The Labute approximate surface area is 234 Å². The van der Waals surface area contributed by atoms with E-state index in [1.165, 1.54) is 18.9 Å². The number of methoxy groups -OCH3 is 1. The van der Waals surface area contributed by atoms with E-state index in [9.17, 15) is 9.59 Å². The fourth-order valence-corrected chi connectivity index (χ4v) is 5.50. The quantitative estimate of drug-likeness (QED) is 0.239. The van der Waals surface area contributed by atoms with Gasteiger partial charge in [0.1, 0.15) is 0 Å². The smallest absolute Gasteiger partial charge is 0.270 e. The molecule has 3 aromatic rings. The van der Waals surface area contributed by atoms with E-state index in [1.54, 1.807) is 29.2 Å². The van der Waals surface area contributed by atoms with Crippen LogP contribution in [0.2, 0.25) is 0 Å². The second-order valence-corrected chi connectivity index (χ2v) is 10.9. The van der Waals surface area contributed by atoms with Gasteiger partial charge in [0.05, 0.1) is 17.7 Å². The van der Waals surface area contributed by atoms with Crippen molar-refractivity contribution in [3.05, 3.63) is 86.2 Å². The number of benzene rings is 3. The van der Waals surface area contributed by atoms with Gasteiger partial charge in [-0.3, -0.25) is 14.5 Å². The van der Waals surface area contributed by atoms with Crippen molar-refractivity contribution in [2.75, 3.05) is 23.9 Å². The van der Waals surface area contributed by atoms with Crippen molar-refractivity contribution in [2.45, 2.75) is 20.8 Å². The van der Waals surface area contributed by atoms with Gasteiger partial charge in [-0.05, 0) is 79.4 Å². The summed E-state index contributed by atoms with van der Waals surface area (Å²) >= 11 is 10.2. The average molecular weight is 598 g/mol.